The molecule has 2 heterocycles. The van der Waals surface area contributed by atoms with E-state index in [0.717, 1.165) is 37.3 Å². The van der Waals surface area contributed by atoms with Crippen molar-refractivity contribution in [3.63, 3.8) is 0 Å². The Morgan fingerprint density at radius 3 is 2.70 bits per heavy atom. The van der Waals surface area contributed by atoms with Gasteiger partial charge in [0, 0.05) is 49.4 Å². The molecule has 0 radical (unpaired) electrons. The van der Waals surface area contributed by atoms with E-state index in [9.17, 15) is 9.59 Å². The maximum Gasteiger partial charge on any atom is 0.276 e. The van der Waals surface area contributed by atoms with Crippen molar-refractivity contribution in [1.29, 1.82) is 0 Å². The Bertz CT molecular complexity index is 859. The first-order valence-electron chi connectivity index (χ1n) is 9.36. The molecule has 144 valence electrons. The van der Waals surface area contributed by atoms with Gasteiger partial charge < -0.3 is 5.32 Å². The molecule has 0 aliphatic carbocycles. The van der Waals surface area contributed by atoms with Gasteiger partial charge >= 0.3 is 0 Å². The van der Waals surface area contributed by atoms with Gasteiger partial charge in [0.1, 0.15) is 5.69 Å². The number of amides is 1. The number of anilines is 1. The summed E-state index contributed by atoms with van der Waals surface area (Å²) < 4.78 is 1.34. The van der Waals surface area contributed by atoms with Crippen LogP contribution in [0.4, 0.5) is 5.69 Å². The van der Waals surface area contributed by atoms with E-state index in [1.165, 1.54) is 33.9 Å². The summed E-state index contributed by atoms with van der Waals surface area (Å²) >= 11 is 2.01. The SMILES string of the molecule is CCCn1nc(C(=O)Nc2ccc(CN3CCSCC3)cc2C)ccc1=O. The third-order valence-corrected chi connectivity index (χ3v) is 5.53. The second kappa shape index (κ2) is 9.19. The fraction of sp³-hybridized carbons (Fsp3) is 0.450. The highest BCUT2D eigenvalue weighted by molar-refractivity contribution is 7.99. The van der Waals surface area contributed by atoms with E-state index in [2.05, 4.69) is 27.4 Å². The lowest BCUT2D eigenvalue weighted by Gasteiger charge is -2.26. The van der Waals surface area contributed by atoms with Crippen molar-refractivity contribution in [2.75, 3.05) is 29.9 Å². The lowest BCUT2D eigenvalue weighted by molar-refractivity contribution is 0.101. The van der Waals surface area contributed by atoms with Crippen molar-refractivity contribution in [3.8, 4) is 0 Å². The molecule has 0 bridgehead atoms. The number of aryl methyl sites for hydroxylation is 2. The van der Waals surface area contributed by atoms with E-state index >= 15 is 0 Å². The maximum atomic E-state index is 12.5. The summed E-state index contributed by atoms with van der Waals surface area (Å²) in [6.07, 6.45) is 0.786. The molecule has 1 aromatic heterocycles. The summed E-state index contributed by atoms with van der Waals surface area (Å²) in [4.78, 5) is 26.8. The van der Waals surface area contributed by atoms with Crippen LogP contribution in [0.2, 0.25) is 0 Å². The van der Waals surface area contributed by atoms with Crippen LogP contribution in [-0.4, -0.2) is 45.2 Å². The summed E-state index contributed by atoms with van der Waals surface area (Å²) in [6.45, 7) is 7.66. The number of carbonyl (C=O) groups excluding carboxylic acids is 1. The first kappa shape index (κ1) is 19.6. The molecule has 27 heavy (non-hydrogen) atoms. The van der Waals surface area contributed by atoms with Crippen molar-refractivity contribution < 1.29 is 4.79 Å². The molecular weight excluding hydrogens is 360 g/mol. The van der Waals surface area contributed by atoms with Crippen molar-refractivity contribution in [1.82, 2.24) is 14.7 Å². The van der Waals surface area contributed by atoms with E-state index in [-0.39, 0.29) is 17.2 Å². The fourth-order valence-corrected chi connectivity index (χ4v) is 4.09. The average molecular weight is 387 g/mol. The number of thioether (sulfide) groups is 1. The molecule has 1 saturated heterocycles. The first-order valence-corrected chi connectivity index (χ1v) is 10.5. The van der Waals surface area contributed by atoms with Crippen LogP contribution in [0, 0.1) is 6.92 Å². The van der Waals surface area contributed by atoms with Crippen LogP contribution in [0.25, 0.3) is 0 Å². The van der Waals surface area contributed by atoms with Crippen LogP contribution >= 0.6 is 11.8 Å². The highest BCUT2D eigenvalue weighted by atomic mass is 32.2. The van der Waals surface area contributed by atoms with Crippen LogP contribution in [-0.2, 0) is 13.1 Å². The van der Waals surface area contributed by atoms with Crippen molar-refractivity contribution in [2.45, 2.75) is 33.4 Å². The third-order valence-electron chi connectivity index (χ3n) is 4.58. The number of nitrogens with zero attached hydrogens (tertiary/aromatic N) is 3. The zero-order valence-corrected chi connectivity index (χ0v) is 16.7. The molecule has 0 unspecified atom stereocenters. The van der Waals surface area contributed by atoms with E-state index in [1.54, 1.807) is 0 Å². The molecule has 7 heteroatoms. The lowest BCUT2D eigenvalue weighted by Crippen LogP contribution is -2.32. The van der Waals surface area contributed by atoms with Crippen LogP contribution < -0.4 is 10.9 Å². The number of nitrogens with one attached hydrogen (secondary N) is 1. The van der Waals surface area contributed by atoms with E-state index < -0.39 is 0 Å². The second-order valence-electron chi connectivity index (χ2n) is 6.77. The van der Waals surface area contributed by atoms with Gasteiger partial charge in [0.15, 0.2) is 0 Å². The quantitative estimate of drug-likeness (QED) is 0.827. The van der Waals surface area contributed by atoms with Gasteiger partial charge in [-0.25, -0.2) is 4.68 Å². The molecule has 6 nitrogen and oxygen atoms in total. The Labute approximate surface area is 164 Å². The number of hydrogen-bond donors (Lipinski definition) is 1. The standard InChI is InChI=1S/C20H26N4O2S/c1-3-8-24-19(25)7-6-18(22-24)20(26)21-17-5-4-16(13-15(17)2)14-23-9-11-27-12-10-23/h4-7,13H,3,8-12,14H2,1-2H3,(H,21,26). The van der Waals surface area contributed by atoms with E-state index in [0.29, 0.717) is 6.54 Å². The van der Waals surface area contributed by atoms with Crippen LogP contribution in [0.1, 0.15) is 35.0 Å². The smallest absolute Gasteiger partial charge is 0.276 e. The van der Waals surface area contributed by atoms with E-state index in [4.69, 9.17) is 0 Å². The zero-order valence-electron chi connectivity index (χ0n) is 15.9. The summed E-state index contributed by atoms with van der Waals surface area (Å²) in [5.74, 6) is 2.09. The first-order chi connectivity index (χ1) is 13.1. The van der Waals surface area contributed by atoms with Gasteiger partial charge in [0.25, 0.3) is 11.5 Å². The molecule has 1 N–H and O–H groups in total. The molecule has 1 fully saturated rings. The largest absolute Gasteiger partial charge is 0.320 e. The highest BCUT2D eigenvalue weighted by Crippen LogP contribution is 2.19. The predicted octanol–water partition coefficient (Wildman–Crippen LogP) is 2.76. The minimum atomic E-state index is -0.302. The number of benzene rings is 1. The number of aromatic nitrogens is 2. The van der Waals surface area contributed by atoms with Gasteiger partial charge in [0.2, 0.25) is 0 Å². The zero-order chi connectivity index (χ0) is 19.2. The molecule has 1 aliphatic heterocycles. The molecule has 1 amide bonds. The topological polar surface area (TPSA) is 67.2 Å². The fourth-order valence-electron chi connectivity index (χ4n) is 3.11. The second-order valence-corrected chi connectivity index (χ2v) is 8.00. The Balaban J connectivity index is 1.69. The van der Waals surface area contributed by atoms with Gasteiger partial charge in [-0.3, -0.25) is 14.5 Å². The van der Waals surface area contributed by atoms with Gasteiger partial charge in [-0.05, 0) is 36.6 Å². The average Bonchev–Trinajstić information content (AvgIpc) is 2.66. The number of carbonyl (C=O) groups is 1. The van der Waals surface area contributed by atoms with Crippen molar-refractivity contribution >= 4 is 23.4 Å². The molecule has 1 aromatic carbocycles. The summed E-state index contributed by atoms with van der Waals surface area (Å²) in [5, 5.41) is 7.08. The number of hydrogen-bond acceptors (Lipinski definition) is 5. The van der Waals surface area contributed by atoms with Crippen LogP contribution in [0.3, 0.4) is 0 Å². The summed E-state index contributed by atoms with van der Waals surface area (Å²) in [7, 11) is 0. The van der Waals surface area contributed by atoms with Gasteiger partial charge in [-0.15, -0.1) is 0 Å². The molecule has 0 atom stereocenters. The van der Waals surface area contributed by atoms with E-state index in [1.807, 2.05) is 31.7 Å². The lowest BCUT2D eigenvalue weighted by atomic mass is 10.1. The van der Waals surface area contributed by atoms with Gasteiger partial charge in [0.05, 0.1) is 0 Å². The van der Waals surface area contributed by atoms with Crippen LogP contribution in [0.15, 0.2) is 35.1 Å². The van der Waals surface area contributed by atoms with Crippen molar-refractivity contribution in [2.24, 2.45) is 0 Å². The number of rotatable bonds is 6. The Morgan fingerprint density at radius 1 is 1.22 bits per heavy atom. The van der Waals surface area contributed by atoms with Crippen molar-refractivity contribution in [3.05, 3.63) is 57.5 Å². The molecule has 3 rings (SSSR count). The Hall–Kier alpha value is -2.12. The Morgan fingerprint density at radius 2 is 2.00 bits per heavy atom. The molecule has 1 aliphatic rings. The Kier molecular flexibility index (Phi) is 6.68. The van der Waals surface area contributed by atoms with Gasteiger partial charge in [-0.2, -0.15) is 16.9 Å². The normalized spacial score (nSPS) is 14.9. The minimum absolute atomic E-state index is 0.190. The predicted molar refractivity (Wildman–Crippen MR) is 111 cm³/mol. The monoisotopic (exact) mass is 386 g/mol. The molecular formula is C20H26N4O2S. The maximum absolute atomic E-state index is 12.5. The summed E-state index contributed by atoms with van der Waals surface area (Å²) in [5.41, 5.74) is 3.11. The van der Waals surface area contributed by atoms with Gasteiger partial charge in [-0.1, -0.05) is 19.1 Å². The summed E-state index contributed by atoms with van der Waals surface area (Å²) in [6, 6.07) is 9.01. The highest BCUT2D eigenvalue weighted by Gasteiger charge is 2.13. The third kappa shape index (κ3) is 5.20. The molecule has 0 saturated carbocycles. The molecule has 2 aromatic rings. The van der Waals surface area contributed by atoms with Crippen LogP contribution in [0.5, 0.6) is 0 Å². The minimum Gasteiger partial charge on any atom is -0.320 e. The molecule has 0 spiro atoms.